The van der Waals surface area contributed by atoms with Gasteiger partial charge in [-0.05, 0) is 50.2 Å². The smallest absolute Gasteiger partial charge is 0.361 e. The van der Waals surface area contributed by atoms with Gasteiger partial charge in [0, 0.05) is 5.56 Å². The summed E-state index contributed by atoms with van der Waals surface area (Å²) in [5.74, 6) is -0.701. The molecule has 4 aromatic rings. The van der Waals surface area contributed by atoms with Gasteiger partial charge in [0.1, 0.15) is 5.82 Å². The van der Waals surface area contributed by atoms with Crippen LogP contribution in [-0.4, -0.2) is 31.2 Å². The Morgan fingerprint density at radius 3 is 2.52 bits per heavy atom. The van der Waals surface area contributed by atoms with Crippen LogP contribution in [-0.2, 0) is 4.74 Å². The molecule has 9 heteroatoms. The van der Waals surface area contributed by atoms with Gasteiger partial charge >= 0.3 is 5.97 Å². The van der Waals surface area contributed by atoms with Gasteiger partial charge < -0.3 is 9.15 Å². The molecular formula is C20H16FN5O3. The first-order chi connectivity index (χ1) is 14.0. The molecule has 0 unspecified atom stereocenters. The molecule has 0 radical (unpaired) electrons. The summed E-state index contributed by atoms with van der Waals surface area (Å²) in [5, 5.41) is 16.3. The predicted molar refractivity (Wildman–Crippen MR) is 99.6 cm³/mol. The largest absolute Gasteiger partial charge is 0.448 e. The Labute approximate surface area is 165 Å². The van der Waals surface area contributed by atoms with E-state index in [9.17, 15) is 9.18 Å². The van der Waals surface area contributed by atoms with E-state index in [4.69, 9.17) is 9.15 Å². The van der Waals surface area contributed by atoms with E-state index in [0.717, 1.165) is 5.69 Å². The molecule has 0 fully saturated rings. The highest BCUT2D eigenvalue weighted by molar-refractivity contribution is 5.88. The molecule has 0 aliphatic heterocycles. The highest BCUT2D eigenvalue weighted by atomic mass is 19.1. The van der Waals surface area contributed by atoms with E-state index in [2.05, 4.69) is 20.4 Å². The van der Waals surface area contributed by atoms with Crippen LogP contribution < -0.4 is 0 Å². The van der Waals surface area contributed by atoms with E-state index in [0.29, 0.717) is 11.3 Å². The van der Waals surface area contributed by atoms with E-state index in [1.165, 1.54) is 29.1 Å². The number of aromatic nitrogens is 5. The molecule has 2 heterocycles. The molecule has 0 amide bonds. The number of esters is 1. The summed E-state index contributed by atoms with van der Waals surface area (Å²) in [6.07, 6.45) is -0.800. The number of nitrogens with zero attached hydrogens (tertiary/aromatic N) is 5. The fourth-order valence-corrected chi connectivity index (χ4v) is 2.62. The standard InChI is InChI=1S/C20H16FN5O3/c1-12-17(25-26(24-12)16-6-4-3-5-7-16)20(27)28-13(2)18-22-23-19(29-18)14-8-10-15(21)11-9-14/h3-11,13H,1-2H3/t13-/m1/s1. The number of aryl methyl sites for hydroxylation is 1. The summed E-state index contributed by atoms with van der Waals surface area (Å²) >= 11 is 0. The number of carbonyl (C=O) groups excluding carboxylic acids is 1. The molecule has 2 aromatic heterocycles. The maximum Gasteiger partial charge on any atom is 0.361 e. The molecule has 1 atom stereocenters. The van der Waals surface area contributed by atoms with Crippen molar-refractivity contribution in [1.29, 1.82) is 0 Å². The number of halogens is 1. The Bertz CT molecular complexity index is 1140. The molecular weight excluding hydrogens is 377 g/mol. The summed E-state index contributed by atoms with van der Waals surface area (Å²) in [4.78, 5) is 13.9. The van der Waals surface area contributed by atoms with Gasteiger partial charge in [-0.25, -0.2) is 9.18 Å². The molecule has 29 heavy (non-hydrogen) atoms. The van der Waals surface area contributed by atoms with Gasteiger partial charge in [-0.3, -0.25) is 0 Å². The Morgan fingerprint density at radius 1 is 1.07 bits per heavy atom. The average Bonchev–Trinajstić information content (AvgIpc) is 3.36. The quantitative estimate of drug-likeness (QED) is 0.477. The van der Waals surface area contributed by atoms with Crippen molar-refractivity contribution in [1.82, 2.24) is 25.2 Å². The summed E-state index contributed by atoms with van der Waals surface area (Å²) in [5.41, 5.74) is 1.82. The average molecular weight is 393 g/mol. The third kappa shape index (κ3) is 3.88. The lowest BCUT2D eigenvalue weighted by atomic mass is 10.2. The van der Waals surface area contributed by atoms with Gasteiger partial charge in [0.2, 0.25) is 5.89 Å². The zero-order valence-corrected chi connectivity index (χ0v) is 15.6. The Morgan fingerprint density at radius 2 is 1.79 bits per heavy atom. The maximum absolute atomic E-state index is 13.0. The number of benzene rings is 2. The van der Waals surface area contributed by atoms with E-state index in [1.54, 1.807) is 13.8 Å². The first kappa shape index (κ1) is 18.5. The zero-order chi connectivity index (χ0) is 20.4. The van der Waals surface area contributed by atoms with Crippen molar-refractivity contribution in [2.75, 3.05) is 0 Å². The van der Waals surface area contributed by atoms with Crippen molar-refractivity contribution in [2.45, 2.75) is 20.0 Å². The second-order valence-corrected chi connectivity index (χ2v) is 6.26. The number of hydrogen-bond acceptors (Lipinski definition) is 7. The van der Waals surface area contributed by atoms with Crippen LogP contribution in [0, 0.1) is 12.7 Å². The van der Waals surface area contributed by atoms with Crippen LogP contribution in [0.3, 0.4) is 0 Å². The van der Waals surface area contributed by atoms with E-state index in [1.807, 2.05) is 30.3 Å². The minimum Gasteiger partial charge on any atom is -0.448 e. The van der Waals surface area contributed by atoms with Crippen LogP contribution in [0.2, 0.25) is 0 Å². The Kier molecular flexibility index (Phi) is 4.86. The van der Waals surface area contributed by atoms with Crippen LogP contribution in [0.1, 0.15) is 35.1 Å². The zero-order valence-electron chi connectivity index (χ0n) is 15.6. The Hall–Kier alpha value is -3.88. The summed E-state index contributed by atoms with van der Waals surface area (Å²) < 4.78 is 24.0. The lowest BCUT2D eigenvalue weighted by molar-refractivity contribution is 0.0271. The van der Waals surface area contributed by atoms with E-state index >= 15 is 0 Å². The molecule has 0 saturated carbocycles. The molecule has 8 nitrogen and oxygen atoms in total. The van der Waals surface area contributed by atoms with Gasteiger partial charge in [-0.1, -0.05) is 18.2 Å². The highest BCUT2D eigenvalue weighted by Crippen LogP contribution is 2.23. The van der Waals surface area contributed by atoms with Crippen LogP contribution in [0.5, 0.6) is 0 Å². The van der Waals surface area contributed by atoms with Crippen molar-refractivity contribution >= 4 is 5.97 Å². The van der Waals surface area contributed by atoms with Gasteiger partial charge in [0.05, 0.1) is 11.4 Å². The van der Waals surface area contributed by atoms with Crippen LogP contribution in [0.25, 0.3) is 17.1 Å². The van der Waals surface area contributed by atoms with E-state index in [-0.39, 0.29) is 23.3 Å². The molecule has 0 spiro atoms. The van der Waals surface area contributed by atoms with Crippen molar-refractivity contribution in [3.05, 3.63) is 77.7 Å². The second kappa shape index (κ2) is 7.63. The molecule has 0 aliphatic carbocycles. The van der Waals surface area contributed by atoms with Crippen molar-refractivity contribution in [3.8, 4) is 17.1 Å². The van der Waals surface area contributed by atoms with Gasteiger partial charge in [-0.2, -0.15) is 9.90 Å². The molecule has 0 aliphatic rings. The van der Waals surface area contributed by atoms with Crippen molar-refractivity contribution < 1.29 is 18.3 Å². The number of ether oxygens (including phenoxy) is 1. The minimum absolute atomic E-state index is 0.0963. The van der Waals surface area contributed by atoms with Crippen LogP contribution in [0.15, 0.2) is 59.0 Å². The number of hydrogen-bond donors (Lipinski definition) is 0. The minimum atomic E-state index is -0.800. The number of para-hydroxylation sites is 1. The van der Waals surface area contributed by atoms with Crippen LogP contribution in [0.4, 0.5) is 4.39 Å². The fraction of sp³-hybridized carbons (Fsp3) is 0.150. The molecule has 4 rings (SSSR count). The monoisotopic (exact) mass is 393 g/mol. The summed E-state index contributed by atoms with van der Waals surface area (Å²) in [6, 6.07) is 14.9. The molecule has 0 bridgehead atoms. The second-order valence-electron chi connectivity index (χ2n) is 6.26. The maximum atomic E-state index is 13.0. The lowest BCUT2D eigenvalue weighted by Crippen LogP contribution is -2.11. The summed E-state index contributed by atoms with van der Waals surface area (Å²) in [7, 11) is 0. The normalized spacial score (nSPS) is 12.0. The predicted octanol–water partition coefficient (Wildman–Crippen LogP) is 3.68. The lowest BCUT2D eigenvalue weighted by Gasteiger charge is -2.07. The Balaban J connectivity index is 1.49. The third-order valence-electron chi connectivity index (χ3n) is 4.13. The molecule has 0 N–H and O–H groups in total. The van der Waals surface area contributed by atoms with Crippen molar-refractivity contribution in [2.24, 2.45) is 0 Å². The number of carbonyl (C=O) groups is 1. The fourth-order valence-electron chi connectivity index (χ4n) is 2.62. The molecule has 2 aromatic carbocycles. The van der Waals surface area contributed by atoms with E-state index < -0.39 is 12.1 Å². The number of rotatable bonds is 5. The molecule has 146 valence electrons. The topological polar surface area (TPSA) is 95.9 Å². The van der Waals surface area contributed by atoms with Gasteiger partial charge in [0.25, 0.3) is 5.89 Å². The first-order valence-corrected chi connectivity index (χ1v) is 8.81. The highest BCUT2D eigenvalue weighted by Gasteiger charge is 2.24. The van der Waals surface area contributed by atoms with Gasteiger partial charge in [0.15, 0.2) is 11.8 Å². The first-order valence-electron chi connectivity index (χ1n) is 8.81. The summed E-state index contributed by atoms with van der Waals surface area (Å²) in [6.45, 7) is 3.28. The van der Waals surface area contributed by atoms with Gasteiger partial charge in [-0.15, -0.1) is 15.3 Å². The third-order valence-corrected chi connectivity index (χ3v) is 4.13. The SMILES string of the molecule is Cc1nn(-c2ccccc2)nc1C(=O)O[C@H](C)c1nnc(-c2ccc(F)cc2)o1. The van der Waals surface area contributed by atoms with Crippen molar-refractivity contribution in [3.63, 3.8) is 0 Å². The molecule has 0 saturated heterocycles. The van der Waals surface area contributed by atoms with Crippen LogP contribution >= 0.6 is 0 Å².